The first kappa shape index (κ1) is 27.3. The van der Waals surface area contributed by atoms with E-state index in [-0.39, 0.29) is 0 Å². The number of hydrogen-bond acceptors (Lipinski definition) is 2. The summed E-state index contributed by atoms with van der Waals surface area (Å²) < 4.78 is 6.13. The second kappa shape index (κ2) is 11.4. The van der Waals surface area contributed by atoms with Gasteiger partial charge < -0.3 is 4.42 Å². The molecule has 1 fully saturated rings. The molecule has 1 aliphatic rings. The van der Waals surface area contributed by atoms with Crippen LogP contribution in [-0.2, 0) is 6.54 Å². The van der Waals surface area contributed by atoms with Crippen LogP contribution in [0.1, 0.15) is 47.9 Å². The second-order valence-electron chi connectivity index (χ2n) is 12.3. The SMILES string of the molecule is CC(=NCc1ccccc1)c1cccc(-c2ccc(-c3cccc(-c4ccc5oc6ccccc6c5c4)c3C3CC3)c(C)c2)c1. The number of rotatable bonds is 7. The first-order chi connectivity index (χ1) is 22.1. The van der Waals surface area contributed by atoms with Gasteiger partial charge in [0.05, 0.1) is 6.54 Å². The summed E-state index contributed by atoms with van der Waals surface area (Å²) in [6.45, 7) is 5.05. The molecule has 1 saturated carbocycles. The number of para-hydroxylation sites is 1. The summed E-state index contributed by atoms with van der Waals surface area (Å²) in [6, 6.07) is 48.0. The van der Waals surface area contributed by atoms with Crippen molar-refractivity contribution in [1.29, 1.82) is 0 Å². The Morgan fingerprint density at radius 2 is 1.36 bits per heavy atom. The Hall–Kier alpha value is -5.21. The molecule has 0 unspecified atom stereocenters. The molecule has 1 aliphatic carbocycles. The Kier molecular flexibility index (Phi) is 6.91. The molecule has 6 aromatic carbocycles. The molecule has 218 valence electrons. The largest absolute Gasteiger partial charge is 0.456 e. The number of fused-ring (bicyclic) bond motifs is 3. The number of nitrogens with zero attached hydrogens (tertiary/aromatic N) is 1. The quantitative estimate of drug-likeness (QED) is 0.172. The van der Waals surface area contributed by atoms with E-state index < -0.39 is 0 Å². The molecular formula is C43H35NO. The Bertz CT molecular complexity index is 2220. The Morgan fingerprint density at radius 1 is 0.622 bits per heavy atom. The molecular weight excluding hydrogens is 546 g/mol. The van der Waals surface area contributed by atoms with Crippen LogP contribution in [0.5, 0.6) is 0 Å². The number of furan rings is 1. The maximum atomic E-state index is 6.13. The van der Waals surface area contributed by atoms with E-state index in [0.717, 1.165) is 22.4 Å². The highest BCUT2D eigenvalue weighted by molar-refractivity contribution is 6.06. The molecule has 0 atom stereocenters. The summed E-state index contributed by atoms with van der Waals surface area (Å²) in [4.78, 5) is 4.88. The molecule has 2 heteroatoms. The van der Waals surface area contributed by atoms with Crippen LogP contribution in [0.25, 0.3) is 55.3 Å². The van der Waals surface area contributed by atoms with Crippen molar-refractivity contribution in [2.45, 2.75) is 39.2 Å². The molecule has 1 heterocycles. The van der Waals surface area contributed by atoms with Gasteiger partial charge in [0.2, 0.25) is 0 Å². The number of aryl methyl sites for hydroxylation is 1. The second-order valence-corrected chi connectivity index (χ2v) is 12.3. The molecule has 1 aromatic heterocycles. The van der Waals surface area contributed by atoms with E-state index in [9.17, 15) is 0 Å². The van der Waals surface area contributed by atoms with Crippen molar-refractivity contribution in [1.82, 2.24) is 0 Å². The standard InChI is InChI=1S/C43H35NO/c1-28-24-34(33-13-8-12-32(25-33)29(2)44-27-30-10-4-3-5-11-30)20-22-36(28)39-16-9-15-37(43(39)31-18-19-31)35-21-23-42-40(26-35)38-14-6-7-17-41(38)45-42/h3-17,20-26,31H,18-19,27H2,1-2H3. The zero-order valence-corrected chi connectivity index (χ0v) is 25.8. The minimum Gasteiger partial charge on any atom is -0.456 e. The summed E-state index contributed by atoms with van der Waals surface area (Å²) in [5.41, 5.74) is 15.8. The molecule has 0 N–H and O–H groups in total. The van der Waals surface area contributed by atoms with Gasteiger partial charge >= 0.3 is 0 Å². The third-order valence-electron chi connectivity index (χ3n) is 9.25. The smallest absolute Gasteiger partial charge is 0.135 e. The van der Waals surface area contributed by atoms with Gasteiger partial charge in [0.15, 0.2) is 0 Å². The van der Waals surface area contributed by atoms with Gasteiger partial charge in [-0.15, -0.1) is 0 Å². The molecule has 0 radical (unpaired) electrons. The zero-order chi connectivity index (χ0) is 30.3. The molecule has 7 aromatic rings. The number of hydrogen-bond donors (Lipinski definition) is 0. The first-order valence-electron chi connectivity index (χ1n) is 15.9. The maximum Gasteiger partial charge on any atom is 0.135 e. The van der Waals surface area contributed by atoms with Crippen LogP contribution in [0.2, 0.25) is 0 Å². The highest BCUT2D eigenvalue weighted by atomic mass is 16.3. The molecule has 2 nitrogen and oxygen atoms in total. The monoisotopic (exact) mass is 581 g/mol. The highest BCUT2D eigenvalue weighted by Gasteiger charge is 2.30. The molecule has 0 aliphatic heterocycles. The average molecular weight is 582 g/mol. The predicted octanol–water partition coefficient (Wildman–Crippen LogP) is 11.8. The Balaban J connectivity index is 1.14. The number of benzene rings is 6. The maximum absolute atomic E-state index is 6.13. The van der Waals surface area contributed by atoms with Gasteiger partial charge in [0, 0.05) is 16.5 Å². The molecule has 0 spiro atoms. The van der Waals surface area contributed by atoms with Gasteiger partial charge in [-0.2, -0.15) is 0 Å². The van der Waals surface area contributed by atoms with Crippen LogP contribution in [0.15, 0.2) is 143 Å². The van der Waals surface area contributed by atoms with Crippen LogP contribution in [0, 0.1) is 6.92 Å². The molecule has 0 saturated heterocycles. The minimum absolute atomic E-state index is 0.599. The molecule has 0 bridgehead atoms. The van der Waals surface area contributed by atoms with Crippen LogP contribution >= 0.6 is 0 Å². The third kappa shape index (κ3) is 5.27. The van der Waals surface area contributed by atoms with Crippen molar-refractivity contribution in [3.63, 3.8) is 0 Å². The third-order valence-corrected chi connectivity index (χ3v) is 9.25. The van der Waals surface area contributed by atoms with Crippen molar-refractivity contribution >= 4 is 27.7 Å². The van der Waals surface area contributed by atoms with Gasteiger partial charge in [-0.3, -0.25) is 4.99 Å². The average Bonchev–Trinajstić information content (AvgIpc) is 3.87. The van der Waals surface area contributed by atoms with Crippen molar-refractivity contribution in [3.8, 4) is 33.4 Å². The van der Waals surface area contributed by atoms with Crippen molar-refractivity contribution < 1.29 is 4.42 Å². The van der Waals surface area contributed by atoms with Crippen molar-refractivity contribution in [2.75, 3.05) is 0 Å². The van der Waals surface area contributed by atoms with Crippen molar-refractivity contribution in [2.24, 2.45) is 4.99 Å². The zero-order valence-electron chi connectivity index (χ0n) is 25.8. The lowest BCUT2D eigenvalue weighted by molar-refractivity contribution is 0.669. The van der Waals surface area contributed by atoms with Gasteiger partial charge in [-0.05, 0) is 113 Å². The van der Waals surface area contributed by atoms with Gasteiger partial charge in [0.25, 0.3) is 0 Å². The van der Waals surface area contributed by atoms with E-state index in [1.807, 2.05) is 12.1 Å². The molecule has 8 rings (SSSR count). The van der Waals surface area contributed by atoms with E-state index in [1.165, 1.54) is 73.7 Å². The summed E-state index contributed by atoms with van der Waals surface area (Å²) in [6.07, 6.45) is 2.49. The summed E-state index contributed by atoms with van der Waals surface area (Å²) in [5.74, 6) is 0.599. The van der Waals surface area contributed by atoms with Crippen LogP contribution in [0.4, 0.5) is 0 Å². The normalized spacial score (nSPS) is 13.5. The van der Waals surface area contributed by atoms with Crippen LogP contribution in [0.3, 0.4) is 0 Å². The fraction of sp³-hybridized carbons (Fsp3) is 0.140. The highest BCUT2D eigenvalue weighted by Crippen LogP contribution is 2.49. The minimum atomic E-state index is 0.599. The lowest BCUT2D eigenvalue weighted by Gasteiger charge is -2.18. The van der Waals surface area contributed by atoms with E-state index >= 15 is 0 Å². The lowest BCUT2D eigenvalue weighted by Crippen LogP contribution is -1.97. The van der Waals surface area contributed by atoms with Crippen LogP contribution in [-0.4, -0.2) is 5.71 Å². The number of aliphatic imine (C=N–C) groups is 1. The van der Waals surface area contributed by atoms with Crippen molar-refractivity contribution in [3.05, 3.63) is 156 Å². The predicted molar refractivity (Wildman–Crippen MR) is 189 cm³/mol. The van der Waals surface area contributed by atoms with E-state index in [0.29, 0.717) is 12.5 Å². The molecule has 45 heavy (non-hydrogen) atoms. The summed E-state index contributed by atoms with van der Waals surface area (Å²) in [5, 5.41) is 2.35. The van der Waals surface area contributed by atoms with Gasteiger partial charge in [0.1, 0.15) is 11.2 Å². The van der Waals surface area contributed by atoms with Crippen LogP contribution < -0.4 is 0 Å². The molecule has 0 amide bonds. The van der Waals surface area contributed by atoms with E-state index in [2.05, 4.69) is 135 Å². The lowest BCUT2D eigenvalue weighted by atomic mass is 9.86. The topological polar surface area (TPSA) is 25.5 Å². The fourth-order valence-electron chi connectivity index (χ4n) is 6.71. The Labute approximate surface area is 264 Å². The van der Waals surface area contributed by atoms with E-state index in [1.54, 1.807) is 0 Å². The summed E-state index contributed by atoms with van der Waals surface area (Å²) in [7, 11) is 0. The first-order valence-corrected chi connectivity index (χ1v) is 15.9. The van der Waals surface area contributed by atoms with Gasteiger partial charge in [-0.1, -0.05) is 109 Å². The van der Waals surface area contributed by atoms with Gasteiger partial charge in [-0.25, -0.2) is 0 Å². The van der Waals surface area contributed by atoms with E-state index in [4.69, 9.17) is 9.41 Å². The fourth-order valence-corrected chi connectivity index (χ4v) is 6.71. The Morgan fingerprint density at radius 3 is 2.20 bits per heavy atom. The summed E-state index contributed by atoms with van der Waals surface area (Å²) >= 11 is 0.